The topological polar surface area (TPSA) is 58.2 Å². The summed E-state index contributed by atoms with van der Waals surface area (Å²) in [4.78, 5) is 24.5. The molecule has 2 N–H and O–H groups in total. The Labute approximate surface area is 127 Å². The van der Waals surface area contributed by atoms with Crippen molar-refractivity contribution in [2.75, 3.05) is 0 Å². The first kappa shape index (κ1) is 14.9. The molecule has 0 aromatic carbocycles. The second-order valence-corrected chi connectivity index (χ2v) is 8.71. The summed E-state index contributed by atoms with van der Waals surface area (Å²) in [5.74, 6) is 0.383. The molecule has 0 radical (unpaired) electrons. The van der Waals surface area contributed by atoms with Crippen molar-refractivity contribution in [3.63, 3.8) is 0 Å². The van der Waals surface area contributed by atoms with Crippen LogP contribution in [0.1, 0.15) is 59.8 Å². The molecule has 0 bridgehead atoms. The molecular weight excluding hydrogens is 264 g/mol. The highest BCUT2D eigenvalue weighted by Gasteiger charge is 2.49. The van der Waals surface area contributed by atoms with E-state index in [0.717, 1.165) is 32.1 Å². The molecule has 0 saturated heterocycles. The molecule has 21 heavy (non-hydrogen) atoms. The van der Waals surface area contributed by atoms with E-state index < -0.39 is 0 Å². The van der Waals surface area contributed by atoms with Crippen LogP contribution >= 0.6 is 0 Å². The molecule has 4 nitrogen and oxygen atoms in total. The lowest BCUT2D eigenvalue weighted by Gasteiger charge is -2.14. The lowest BCUT2D eigenvalue weighted by atomic mass is 10.0. The first-order valence-corrected chi connectivity index (χ1v) is 8.30. The maximum atomic E-state index is 12.2. The Balaban J connectivity index is 1.44. The number of hydrogen-bond acceptors (Lipinski definition) is 2. The Kier molecular flexibility index (Phi) is 3.34. The number of hydrogen-bond donors (Lipinski definition) is 2. The Morgan fingerprint density at radius 1 is 0.810 bits per heavy atom. The van der Waals surface area contributed by atoms with E-state index in [2.05, 4.69) is 38.3 Å². The van der Waals surface area contributed by atoms with Crippen LogP contribution in [0.2, 0.25) is 0 Å². The number of amides is 2. The SMILES string of the molecule is CC1(C)C[C@@H]1NC(=O)[C@@H]1CC[C@H](C(=O)N[C@H]2CC2(C)C)C1. The number of carbonyl (C=O) groups excluding carboxylic acids is 2. The van der Waals surface area contributed by atoms with Gasteiger partial charge in [0.15, 0.2) is 0 Å². The predicted molar refractivity (Wildman–Crippen MR) is 81.5 cm³/mol. The summed E-state index contributed by atoms with van der Waals surface area (Å²) >= 11 is 0. The average molecular weight is 292 g/mol. The molecule has 3 rings (SSSR count). The highest BCUT2D eigenvalue weighted by atomic mass is 16.2. The van der Waals surface area contributed by atoms with E-state index in [1.165, 1.54) is 0 Å². The molecule has 118 valence electrons. The molecule has 0 unspecified atom stereocenters. The normalized spacial score (nSPS) is 38.7. The smallest absolute Gasteiger partial charge is 0.223 e. The molecule has 2 amide bonds. The van der Waals surface area contributed by atoms with Crippen molar-refractivity contribution >= 4 is 11.8 Å². The van der Waals surface area contributed by atoms with Crippen LogP contribution in [-0.4, -0.2) is 23.9 Å². The van der Waals surface area contributed by atoms with E-state index in [1.54, 1.807) is 0 Å². The third-order valence-electron chi connectivity index (χ3n) is 5.83. The van der Waals surface area contributed by atoms with Gasteiger partial charge in [-0.3, -0.25) is 9.59 Å². The summed E-state index contributed by atoms with van der Waals surface area (Å²) in [5, 5.41) is 6.28. The summed E-state index contributed by atoms with van der Waals surface area (Å²) in [7, 11) is 0. The molecule has 0 heterocycles. The minimum atomic E-state index is 0.0318. The van der Waals surface area contributed by atoms with Gasteiger partial charge in [0.2, 0.25) is 11.8 Å². The van der Waals surface area contributed by atoms with Gasteiger partial charge in [-0.15, -0.1) is 0 Å². The van der Waals surface area contributed by atoms with Gasteiger partial charge in [-0.2, -0.15) is 0 Å². The van der Waals surface area contributed by atoms with Gasteiger partial charge < -0.3 is 10.6 Å². The van der Waals surface area contributed by atoms with Crippen molar-refractivity contribution in [1.82, 2.24) is 10.6 Å². The summed E-state index contributed by atoms with van der Waals surface area (Å²) in [6.07, 6.45) is 4.58. The van der Waals surface area contributed by atoms with Crippen LogP contribution in [0.25, 0.3) is 0 Å². The summed E-state index contributed by atoms with van der Waals surface area (Å²) < 4.78 is 0. The Bertz CT molecular complexity index is 427. The third-order valence-corrected chi connectivity index (χ3v) is 5.83. The van der Waals surface area contributed by atoms with Crippen LogP contribution < -0.4 is 10.6 Å². The second kappa shape index (κ2) is 4.72. The molecule has 3 aliphatic rings. The minimum Gasteiger partial charge on any atom is -0.353 e. The monoisotopic (exact) mass is 292 g/mol. The molecule has 0 aromatic heterocycles. The average Bonchev–Trinajstić information content (AvgIpc) is 3.06. The molecule has 3 saturated carbocycles. The van der Waals surface area contributed by atoms with Crippen molar-refractivity contribution in [3.05, 3.63) is 0 Å². The van der Waals surface area contributed by atoms with Crippen molar-refractivity contribution in [1.29, 1.82) is 0 Å². The van der Waals surface area contributed by atoms with Gasteiger partial charge in [0.1, 0.15) is 0 Å². The van der Waals surface area contributed by atoms with Crippen LogP contribution in [0, 0.1) is 22.7 Å². The van der Waals surface area contributed by atoms with Crippen LogP contribution in [-0.2, 0) is 9.59 Å². The largest absolute Gasteiger partial charge is 0.353 e. The molecule has 0 aromatic rings. The van der Waals surface area contributed by atoms with Gasteiger partial charge in [0, 0.05) is 23.9 Å². The first-order chi connectivity index (χ1) is 9.69. The fourth-order valence-corrected chi connectivity index (χ4v) is 3.46. The van der Waals surface area contributed by atoms with E-state index >= 15 is 0 Å². The maximum Gasteiger partial charge on any atom is 0.223 e. The van der Waals surface area contributed by atoms with E-state index in [1.807, 2.05) is 0 Å². The van der Waals surface area contributed by atoms with Gasteiger partial charge >= 0.3 is 0 Å². The molecule has 0 aliphatic heterocycles. The zero-order valence-electron chi connectivity index (χ0n) is 13.7. The molecule has 4 heteroatoms. The maximum absolute atomic E-state index is 12.2. The second-order valence-electron chi connectivity index (χ2n) is 8.71. The highest BCUT2D eigenvalue weighted by Crippen LogP contribution is 2.46. The van der Waals surface area contributed by atoms with E-state index in [0.29, 0.717) is 12.1 Å². The number of nitrogens with one attached hydrogen (secondary N) is 2. The first-order valence-electron chi connectivity index (χ1n) is 8.30. The molecule has 0 spiro atoms. The van der Waals surface area contributed by atoms with Gasteiger partial charge in [0.25, 0.3) is 0 Å². The Hall–Kier alpha value is -1.06. The number of rotatable bonds is 4. The van der Waals surface area contributed by atoms with Crippen molar-refractivity contribution < 1.29 is 9.59 Å². The zero-order valence-corrected chi connectivity index (χ0v) is 13.7. The van der Waals surface area contributed by atoms with E-state index in [9.17, 15) is 9.59 Å². The predicted octanol–water partition coefficient (Wildman–Crippen LogP) is 2.23. The Morgan fingerprint density at radius 2 is 1.14 bits per heavy atom. The number of carbonyl (C=O) groups is 2. The van der Waals surface area contributed by atoms with Crippen molar-refractivity contribution in [2.24, 2.45) is 22.7 Å². The molecule has 3 aliphatic carbocycles. The van der Waals surface area contributed by atoms with Crippen molar-refractivity contribution in [3.8, 4) is 0 Å². The minimum absolute atomic E-state index is 0.0318. The van der Waals surface area contributed by atoms with Gasteiger partial charge in [-0.1, -0.05) is 27.7 Å². The van der Waals surface area contributed by atoms with Crippen LogP contribution in [0.3, 0.4) is 0 Å². The van der Waals surface area contributed by atoms with Crippen LogP contribution in [0.5, 0.6) is 0 Å². The highest BCUT2D eigenvalue weighted by molar-refractivity contribution is 5.84. The van der Waals surface area contributed by atoms with Gasteiger partial charge in [-0.25, -0.2) is 0 Å². The zero-order chi connectivity index (χ0) is 15.4. The summed E-state index contributed by atoms with van der Waals surface area (Å²) in [5.41, 5.74) is 0.533. The Morgan fingerprint density at radius 3 is 1.43 bits per heavy atom. The molecule has 3 fully saturated rings. The van der Waals surface area contributed by atoms with Crippen molar-refractivity contribution in [2.45, 2.75) is 71.9 Å². The third kappa shape index (κ3) is 3.09. The lowest BCUT2D eigenvalue weighted by molar-refractivity contribution is -0.126. The van der Waals surface area contributed by atoms with E-state index in [-0.39, 0.29) is 34.5 Å². The quantitative estimate of drug-likeness (QED) is 0.835. The fraction of sp³-hybridized carbons (Fsp3) is 0.882. The van der Waals surface area contributed by atoms with Gasteiger partial charge in [-0.05, 0) is 42.9 Å². The standard InChI is InChI=1S/C17H28N2O2/c1-16(2)8-12(16)18-14(20)10-5-6-11(7-10)15(21)19-13-9-17(13,3)4/h10-13H,5-9H2,1-4H3,(H,18,20)(H,19,21)/t10-,11+,12-,13-/m0/s1. The lowest BCUT2D eigenvalue weighted by Crippen LogP contribution is -2.35. The summed E-state index contributed by atoms with van der Waals surface area (Å²) in [6.45, 7) is 8.72. The van der Waals surface area contributed by atoms with Gasteiger partial charge in [0.05, 0.1) is 0 Å². The van der Waals surface area contributed by atoms with Crippen LogP contribution in [0.4, 0.5) is 0 Å². The summed E-state index contributed by atoms with van der Waals surface area (Å²) in [6, 6.07) is 0.676. The molecular formula is C17H28N2O2. The fourth-order valence-electron chi connectivity index (χ4n) is 3.46. The van der Waals surface area contributed by atoms with Crippen LogP contribution in [0.15, 0.2) is 0 Å². The molecule has 4 atom stereocenters. The van der Waals surface area contributed by atoms with E-state index in [4.69, 9.17) is 0 Å².